The summed E-state index contributed by atoms with van der Waals surface area (Å²) in [7, 11) is 0. The molecule has 3 heteroatoms. The van der Waals surface area contributed by atoms with E-state index in [2.05, 4.69) is 131 Å². The Morgan fingerprint density at radius 1 is 0.878 bits per heavy atom. The molecule has 1 aromatic carbocycles. The first-order chi connectivity index (χ1) is 17.6. The van der Waals surface area contributed by atoms with Crippen molar-refractivity contribution in [1.29, 1.82) is 0 Å². The molecule has 0 spiro atoms. The summed E-state index contributed by atoms with van der Waals surface area (Å²) in [6, 6.07) is 9.26. The number of rotatable bonds is 1. The van der Waals surface area contributed by atoms with E-state index in [0.29, 0.717) is 17.8 Å². The van der Waals surface area contributed by atoms with Crippen molar-refractivity contribution in [2.24, 2.45) is 44.8 Å². The zero-order valence-electron chi connectivity index (χ0n) is 27.1. The van der Waals surface area contributed by atoms with Gasteiger partial charge >= 0.3 is 26.2 Å². The maximum absolute atomic E-state index is 2.68. The summed E-state index contributed by atoms with van der Waals surface area (Å²) in [6.07, 6.45) is 14.9. The van der Waals surface area contributed by atoms with Gasteiger partial charge in [0.2, 0.25) is 0 Å². The van der Waals surface area contributed by atoms with Crippen molar-refractivity contribution in [3.05, 3.63) is 94.0 Å². The smallest absolute Gasteiger partial charge is 1.00 e. The molecule has 0 aliphatic heterocycles. The third kappa shape index (κ3) is 4.32. The summed E-state index contributed by atoms with van der Waals surface area (Å²) in [6.45, 7) is 27.6. The van der Waals surface area contributed by atoms with Crippen LogP contribution in [-0.2, 0) is 32.6 Å². The number of benzene rings is 1. The molecule has 5 aliphatic rings. The van der Waals surface area contributed by atoms with Gasteiger partial charge in [0.25, 0.3) is 0 Å². The quantitative estimate of drug-likeness (QED) is 0.391. The van der Waals surface area contributed by atoms with E-state index in [4.69, 9.17) is 0 Å². The van der Waals surface area contributed by atoms with Gasteiger partial charge in [0.15, 0.2) is 0 Å². The first-order valence-corrected chi connectivity index (χ1v) is 15.0. The van der Waals surface area contributed by atoms with Gasteiger partial charge in [-0.05, 0) is 57.0 Å². The van der Waals surface area contributed by atoms with E-state index in [1.165, 1.54) is 16.7 Å². The van der Waals surface area contributed by atoms with Gasteiger partial charge in [-0.15, -0.1) is 6.92 Å². The molecule has 6 rings (SSSR count). The van der Waals surface area contributed by atoms with Crippen LogP contribution in [0.3, 0.4) is 0 Å². The van der Waals surface area contributed by atoms with Gasteiger partial charge < -0.3 is 24.8 Å². The van der Waals surface area contributed by atoms with Crippen LogP contribution in [0.5, 0.6) is 0 Å². The van der Waals surface area contributed by atoms with Crippen LogP contribution < -0.4 is 24.8 Å². The van der Waals surface area contributed by atoms with Gasteiger partial charge in [-0.25, -0.2) is 5.92 Å². The van der Waals surface area contributed by atoms with Crippen molar-refractivity contribution in [3.8, 4) is 0 Å². The van der Waals surface area contributed by atoms with Crippen molar-refractivity contribution >= 4 is 5.57 Å². The predicted molar refractivity (Wildman–Crippen MR) is 163 cm³/mol. The predicted octanol–water partition coefficient (Wildman–Crippen LogP) is 4.36. The van der Waals surface area contributed by atoms with Gasteiger partial charge in [-0.1, -0.05) is 152 Å². The maximum atomic E-state index is 2.68. The largest absolute Gasteiger partial charge is 3.00 e. The summed E-state index contributed by atoms with van der Waals surface area (Å²) < 4.78 is 0. The van der Waals surface area contributed by atoms with E-state index in [1.807, 2.05) is 0 Å². The average Bonchev–Trinajstić information content (AvgIpc) is 3.48. The molecule has 0 nitrogen and oxygen atoms in total. The number of hydrogen-bond acceptors (Lipinski definition) is 0. The average molecular weight is 668 g/mol. The SMILES string of the molecule is C[C-]1C2=C3Cc4ccccc4C3=C3C=CCC(C4C=CC(C(C)(C)C)=C4)C3C2(C)C(C)(C)C(C)(C)C1(C)C.[Cl-].[Cl-].[Zr+3]. The monoisotopic (exact) mass is 665 g/mol. The summed E-state index contributed by atoms with van der Waals surface area (Å²) in [4.78, 5) is 0. The van der Waals surface area contributed by atoms with Crippen LogP contribution in [-0.4, -0.2) is 0 Å². The Labute approximate surface area is 282 Å². The third-order valence-corrected chi connectivity index (χ3v) is 13.1. The Bertz CT molecular complexity index is 1370. The first-order valence-electron chi connectivity index (χ1n) is 15.0. The van der Waals surface area contributed by atoms with E-state index in [0.717, 1.165) is 12.8 Å². The second-order valence-electron chi connectivity index (χ2n) is 15.8. The van der Waals surface area contributed by atoms with Gasteiger partial charge in [0.05, 0.1) is 0 Å². The van der Waals surface area contributed by atoms with Crippen molar-refractivity contribution in [2.45, 2.75) is 89.0 Å². The minimum atomic E-state index is 0. The molecule has 1 radical (unpaired) electrons. The molecule has 5 aliphatic carbocycles. The van der Waals surface area contributed by atoms with Crippen molar-refractivity contribution in [1.82, 2.24) is 0 Å². The molecule has 4 unspecified atom stereocenters. The molecule has 0 N–H and O–H groups in total. The maximum Gasteiger partial charge on any atom is 3.00 e. The molecule has 0 bridgehead atoms. The molecule has 219 valence electrons. The van der Waals surface area contributed by atoms with E-state index < -0.39 is 0 Å². The van der Waals surface area contributed by atoms with Gasteiger partial charge in [0, 0.05) is 0 Å². The van der Waals surface area contributed by atoms with Crippen LogP contribution in [0, 0.1) is 50.7 Å². The van der Waals surface area contributed by atoms with Crippen LogP contribution in [0.4, 0.5) is 0 Å². The Balaban J connectivity index is 0.00000154. The Hall–Kier alpha value is -0.747. The van der Waals surface area contributed by atoms with Crippen LogP contribution in [0.2, 0.25) is 0 Å². The molecule has 0 aromatic heterocycles. The molecule has 41 heavy (non-hydrogen) atoms. The topological polar surface area (TPSA) is 0 Å². The van der Waals surface area contributed by atoms with Crippen LogP contribution in [0.1, 0.15) is 93.7 Å². The van der Waals surface area contributed by atoms with Gasteiger partial charge in [-0.2, -0.15) is 11.1 Å². The second-order valence-corrected chi connectivity index (χ2v) is 15.8. The van der Waals surface area contributed by atoms with E-state index in [1.54, 1.807) is 28.2 Å². The molecule has 1 aromatic rings. The van der Waals surface area contributed by atoms with Gasteiger partial charge in [0.1, 0.15) is 0 Å². The van der Waals surface area contributed by atoms with Crippen molar-refractivity contribution in [2.75, 3.05) is 0 Å². The fraction of sp³-hybridized carbons (Fsp3) is 0.553. The first kappa shape index (κ1) is 34.7. The fourth-order valence-electron chi connectivity index (χ4n) is 9.38. The Kier molecular flexibility index (Phi) is 9.07. The molecule has 1 fully saturated rings. The van der Waals surface area contributed by atoms with E-state index >= 15 is 0 Å². The molecule has 0 saturated heterocycles. The second kappa shape index (κ2) is 10.7. The molecule has 4 atom stereocenters. The summed E-state index contributed by atoms with van der Waals surface area (Å²) in [5.41, 5.74) is 11.6. The van der Waals surface area contributed by atoms with Crippen LogP contribution >= 0.6 is 0 Å². The number of hydrogen-bond donors (Lipinski definition) is 0. The molecule has 1 saturated carbocycles. The fourth-order valence-corrected chi connectivity index (χ4v) is 9.38. The van der Waals surface area contributed by atoms with E-state index in [9.17, 15) is 0 Å². The third-order valence-electron chi connectivity index (χ3n) is 13.1. The zero-order chi connectivity index (χ0) is 27.6. The summed E-state index contributed by atoms with van der Waals surface area (Å²) >= 11 is 0. The Morgan fingerprint density at radius 2 is 1.51 bits per heavy atom. The van der Waals surface area contributed by atoms with Crippen molar-refractivity contribution in [3.63, 3.8) is 0 Å². The van der Waals surface area contributed by atoms with Crippen LogP contribution in [0.25, 0.3) is 5.57 Å². The molecule has 0 amide bonds. The molecule has 0 heterocycles. The standard InChI is InChI=1S/C38H49.2ClH.Zr/c1-23-32-30-22-24-15-12-13-16-27(24)31(30)29-18-14-17-28(25-19-20-26(21-25)34(2,3)4)33(29)38(32,11)37(9,10)36(7,8)35(23,5)6;;;/h12-16,18-21,25,28,33H,17,22H2,1-11H3;2*1H;/q-1;;;+3/p-2. The van der Waals surface area contributed by atoms with Crippen molar-refractivity contribution < 1.29 is 51.0 Å². The number of halogens is 2. The van der Waals surface area contributed by atoms with Crippen LogP contribution in [0.15, 0.2) is 76.9 Å². The minimum absolute atomic E-state index is 0. The zero-order valence-corrected chi connectivity index (χ0v) is 31.1. The minimum Gasteiger partial charge on any atom is -1.00 e. The number of fused-ring (bicyclic) bond motifs is 6. The molecular weight excluding hydrogens is 619 g/mol. The van der Waals surface area contributed by atoms with Gasteiger partial charge in [-0.3, -0.25) is 0 Å². The molecular formula is C38H49Cl2Zr. The normalized spacial score (nSPS) is 31.6. The summed E-state index contributed by atoms with van der Waals surface area (Å²) in [5, 5.41) is 0. The summed E-state index contributed by atoms with van der Waals surface area (Å²) in [5.74, 6) is 3.17. The Morgan fingerprint density at radius 3 is 2.12 bits per heavy atom. The number of allylic oxidation sites excluding steroid dienone is 10. The van der Waals surface area contributed by atoms with E-state index in [-0.39, 0.29) is 78.1 Å².